The molecule has 0 aliphatic rings. The Balaban J connectivity index is 6.65. The van der Waals surface area contributed by atoms with Gasteiger partial charge in [0.05, 0.1) is 31.5 Å². The quantitative estimate of drug-likeness (QED) is 0.0926. The maximum Gasteiger partial charge on any atom is 0.344 e. The van der Waals surface area contributed by atoms with Gasteiger partial charge in [-0.3, -0.25) is 24.0 Å². The van der Waals surface area contributed by atoms with Crippen LogP contribution in [0.25, 0.3) is 0 Å². The predicted octanol–water partition coefficient (Wildman–Crippen LogP) is -2.63. The van der Waals surface area contributed by atoms with Gasteiger partial charge >= 0.3 is 5.97 Å². The fourth-order valence-electron chi connectivity index (χ4n) is 3.62. The van der Waals surface area contributed by atoms with Crippen LogP contribution >= 0.6 is 0 Å². The lowest BCUT2D eigenvalue weighted by molar-refractivity contribution is -0.181. The fraction of sp³-hybridized carbons (Fsp3) is 0.739. The van der Waals surface area contributed by atoms with Crippen LogP contribution in [-0.4, -0.2) is 112 Å². The van der Waals surface area contributed by atoms with E-state index < -0.39 is 83.2 Å². The van der Waals surface area contributed by atoms with Crippen molar-refractivity contribution in [2.45, 2.75) is 75.8 Å². The molecule has 36 heavy (non-hydrogen) atoms. The number of hydrogen-bond donors (Lipinski definition) is 7. The molecule has 7 N–H and O–H groups in total. The van der Waals surface area contributed by atoms with Gasteiger partial charge in [0.15, 0.2) is 34.3 Å². The van der Waals surface area contributed by atoms with E-state index in [0.29, 0.717) is 6.42 Å². The van der Waals surface area contributed by atoms with E-state index >= 15 is 0 Å². The van der Waals surface area contributed by atoms with E-state index in [1.807, 2.05) is 0 Å². The van der Waals surface area contributed by atoms with Crippen molar-refractivity contribution in [1.29, 1.82) is 0 Å². The maximum absolute atomic E-state index is 13.4. The molecule has 3 unspecified atom stereocenters. The van der Waals surface area contributed by atoms with E-state index in [1.54, 1.807) is 13.8 Å². The molecule has 0 saturated heterocycles. The minimum atomic E-state index is -3.60. The number of carboxylic acids is 1. The molecule has 13 nitrogen and oxygen atoms in total. The Bertz CT molecular complexity index is 874. The summed E-state index contributed by atoms with van der Waals surface area (Å²) < 4.78 is 0. The van der Waals surface area contributed by atoms with Gasteiger partial charge in [0, 0.05) is 0 Å². The molecule has 0 amide bonds. The molecular formula is C23H39N3O10. The van der Waals surface area contributed by atoms with Gasteiger partial charge in [-0.2, -0.15) is 0 Å². The van der Waals surface area contributed by atoms with E-state index in [-0.39, 0.29) is 5.92 Å². The highest BCUT2D eigenvalue weighted by atomic mass is 16.4. The van der Waals surface area contributed by atoms with Gasteiger partial charge in [-0.1, -0.05) is 20.3 Å². The molecule has 13 heteroatoms. The highest BCUT2D eigenvalue weighted by Crippen LogP contribution is 2.29. The van der Waals surface area contributed by atoms with Crippen LogP contribution in [0.2, 0.25) is 0 Å². The second-order valence-electron chi connectivity index (χ2n) is 9.15. The van der Waals surface area contributed by atoms with Crippen molar-refractivity contribution < 1.29 is 49.2 Å². The summed E-state index contributed by atoms with van der Waals surface area (Å²) in [6.07, 6.45) is -2.35. The summed E-state index contributed by atoms with van der Waals surface area (Å²) in [6.45, 7) is 4.96. The molecular weight excluding hydrogens is 478 g/mol. The Morgan fingerprint density at radius 1 is 0.833 bits per heavy atom. The summed E-state index contributed by atoms with van der Waals surface area (Å²) in [5.41, 5.74) is -9.85. The third-order valence-corrected chi connectivity index (χ3v) is 6.48. The van der Waals surface area contributed by atoms with Gasteiger partial charge in [-0.05, 0) is 40.9 Å². The summed E-state index contributed by atoms with van der Waals surface area (Å²) in [7, 11) is 4.06. The van der Waals surface area contributed by atoms with Crippen LogP contribution in [0, 0.1) is 5.92 Å². The zero-order chi connectivity index (χ0) is 28.6. The largest absolute Gasteiger partial charge is 0.479 e. The molecule has 0 radical (unpaired) electrons. The number of carbonyl (C=O) groups is 6. The molecule has 0 aromatic heterocycles. The molecule has 0 rings (SSSR count). The van der Waals surface area contributed by atoms with Crippen LogP contribution in [0.3, 0.4) is 0 Å². The SMILES string of the molecule is CC[C@@H](C)[C@H](NC)C(=O)CC(O)(C(=O)O)C(=O)C(O)(CC(=O)C(C)(O)C(=O)CNC)C(=O)[C@@H](C)NC. The number of aliphatic carboxylic acids is 1. The second kappa shape index (κ2) is 13.2. The van der Waals surface area contributed by atoms with Gasteiger partial charge in [-0.25, -0.2) is 4.79 Å². The predicted molar refractivity (Wildman–Crippen MR) is 127 cm³/mol. The first-order chi connectivity index (χ1) is 16.4. The highest BCUT2D eigenvalue weighted by Gasteiger charge is 2.60. The average molecular weight is 518 g/mol. The number of rotatable bonds is 18. The molecule has 206 valence electrons. The Hall–Kier alpha value is -2.42. The number of ketones is 5. The highest BCUT2D eigenvalue weighted by molar-refractivity contribution is 6.25. The van der Waals surface area contributed by atoms with E-state index in [2.05, 4.69) is 16.0 Å². The zero-order valence-electron chi connectivity index (χ0n) is 21.8. The van der Waals surface area contributed by atoms with Crippen molar-refractivity contribution in [2.75, 3.05) is 27.7 Å². The third kappa shape index (κ3) is 7.08. The fourth-order valence-corrected chi connectivity index (χ4v) is 3.62. The number of likely N-dealkylation sites (N-methyl/N-ethyl adjacent to an activating group) is 3. The van der Waals surface area contributed by atoms with Crippen molar-refractivity contribution in [3.05, 3.63) is 0 Å². The summed E-state index contributed by atoms with van der Waals surface area (Å²) in [5, 5.41) is 49.8. The van der Waals surface area contributed by atoms with E-state index in [0.717, 1.165) is 6.92 Å². The van der Waals surface area contributed by atoms with Crippen LogP contribution < -0.4 is 16.0 Å². The molecule has 0 saturated carbocycles. The molecule has 0 heterocycles. The van der Waals surface area contributed by atoms with Gasteiger partial charge in [0.2, 0.25) is 11.4 Å². The Labute approximate surface area is 210 Å². The molecule has 6 atom stereocenters. The number of nitrogens with one attached hydrogen (secondary N) is 3. The normalized spacial score (nSPS) is 19.1. The average Bonchev–Trinajstić information content (AvgIpc) is 2.82. The molecule has 0 spiro atoms. The van der Waals surface area contributed by atoms with Crippen LogP contribution in [0.15, 0.2) is 0 Å². The second-order valence-corrected chi connectivity index (χ2v) is 9.15. The monoisotopic (exact) mass is 517 g/mol. The Morgan fingerprint density at radius 3 is 1.75 bits per heavy atom. The van der Waals surface area contributed by atoms with E-state index in [1.165, 1.54) is 28.1 Å². The topological polar surface area (TPSA) is 219 Å². The minimum Gasteiger partial charge on any atom is -0.479 e. The van der Waals surface area contributed by atoms with E-state index in [4.69, 9.17) is 0 Å². The summed E-state index contributed by atoms with van der Waals surface area (Å²) in [5.74, 6) is -9.39. The van der Waals surface area contributed by atoms with Gasteiger partial charge < -0.3 is 36.4 Å². The minimum absolute atomic E-state index is 0.324. The van der Waals surface area contributed by atoms with Gasteiger partial charge in [0.1, 0.15) is 0 Å². The lowest BCUT2D eigenvalue weighted by Gasteiger charge is -2.35. The first-order valence-corrected chi connectivity index (χ1v) is 11.5. The number of Topliss-reactive ketones (excluding diaryl/α,β-unsaturated/α-hetero) is 5. The number of aliphatic hydroxyl groups is 3. The van der Waals surface area contributed by atoms with Crippen molar-refractivity contribution in [3.8, 4) is 0 Å². The standard InChI is InChI=1S/C23H39N3O10/c1-8-12(2)17(26-7)14(27)9-23(36,20(32)33)19(31)22(35,18(30)13(3)25-6)10-15(28)21(4,34)16(29)11-24-5/h12-13,17,24-26,34-36H,8-11H2,1-7H3,(H,32,33)/t12-,13-,17+,21?,22?,23?/m1/s1. The van der Waals surface area contributed by atoms with Crippen LogP contribution in [-0.2, 0) is 28.8 Å². The number of carboxylic acid groups (broad SMARTS) is 1. The van der Waals surface area contributed by atoms with Crippen molar-refractivity contribution in [3.63, 3.8) is 0 Å². The molecule has 0 fully saturated rings. The Kier molecular flexibility index (Phi) is 12.3. The summed E-state index contributed by atoms with van der Waals surface area (Å²) >= 11 is 0. The molecule has 0 aliphatic carbocycles. The zero-order valence-corrected chi connectivity index (χ0v) is 21.8. The first-order valence-electron chi connectivity index (χ1n) is 11.5. The molecule has 0 aromatic carbocycles. The number of carbonyl (C=O) groups excluding carboxylic acids is 5. The number of hydrogen-bond acceptors (Lipinski definition) is 12. The van der Waals surface area contributed by atoms with Crippen LogP contribution in [0.5, 0.6) is 0 Å². The molecule has 0 aromatic rings. The van der Waals surface area contributed by atoms with Crippen LogP contribution in [0.4, 0.5) is 0 Å². The van der Waals surface area contributed by atoms with Gasteiger partial charge in [-0.15, -0.1) is 0 Å². The molecule has 0 bridgehead atoms. The van der Waals surface area contributed by atoms with Crippen molar-refractivity contribution in [1.82, 2.24) is 16.0 Å². The maximum atomic E-state index is 13.4. The first kappa shape index (κ1) is 33.6. The lowest BCUT2D eigenvalue weighted by Crippen LogP contribution is -2.66. The smallest absolute Gasteiger partial charge is 0.344 e. The third-order valence-electron chi connectivity index (χ3n) is 6.48. The Morgan fingerprint density at radius 2 is 1.36 bits per heavy atom. The van der Waals surface area contributed by atoms with E-state index in [9.17, 15) is 49.2 Å². The summed E-state index contributed by atoms with van der Waals surface area (Å²) in [6, 6.07) is -2.29. The van der Waals surface area contributed by atoms with Crippen molar-refractivity contribution >= 4 is 34.9 Å². The van der Waals surface area contributed by atoms with Crippen molar-refractivity contribution in [2.24, 2.45) is 5.92 Å². The summed E-state index contributed by atoms with van der Waals surface area (Å²) in [4.78, 5) is 76.3. The van der Waals surface area contributed by atoms with Crippen LogP contribution in [0.1, 0.15) is 47.0 Å². The lowest BCUT2D eigenvalue weighted by atomic mass is 9.73. The molecule has 0 aliphatic heterocycles. The van der Waals surface area contributed by atoms with Gasteiger partial charge in [0.25, 0.3) is 0 Å².